The second kappa shape index (κ2) is 6.21. The molecule has 0 saturated heterocycles. The normalized spacial score (nSPS) is 12.3. The van der Waals surface area contributed by atoms with Crippen molar-refractivity contribution in [2.24, 2.45) is 0 Å². The van der Waals surface area contributed by atoms with Crippen molar-refractivity contribution in [3.05, 3.63) is 42.5 Å². The highest BCUT2D eigenvalue weighted by atomic mass is 16.5. The van der Waals surface area contributed by atoms with Crippen molar-refractivity contribution in [1.29, 1.82) is 5.26 Å². The number of hydrogen-bond acceptors (Lipinski definition) is 3. The summed E-state index contributed by atoms with van der Waals surface area (Å²) in [6.07, 6.45) is 0.473. The van der Waals surface area contributed by atoms with Crippen molar-refractivity contribution < 1.29 is 4.74 Å². The third kappa shape index (κ3) is 3.46. The molecule has 0 radical (unpaired) electrons. The molecule has 0 bridgehead atoms. The lowest BCUT2D eigenvalue weighted by molar-refractivity contribution is 0.188. The van der Waals surface area contributed by atoms with Crippen LogP contribution < -0.4 is 4.74 Å². The van der Waals surface area contributed by atoms with Crippen LogP contribution in [-0.4, -0.2) is 31.6 Å². The highest BCUT2D eigenvalue weighted by molar-refractivity contribution is 5.83. The Hall–Kier alpha value is -2.05. The number of likely N-dealkylation sites (N-methyl/N-ethyl adjacent to an activating group) is 1. The van der Waals surface area contributed by atoms with Gasteiger partial charge in [-0.05, 0) is 37.0 Å². The van der Waals surface area contributed by atoms with Crippen LogP contribution in [0.4, 0.5) is 0 Å². The number of hydrogen-bond donors (Lipinski definition) is 0. The molecule has 0 fully saturated rings. The van der Waals surface area contributed by atoms with E-state index < -0.39 is 0 Å². The number of nitrogens with zero attached hydrogens (tertiary/aromatic N) is 2. The molecule has 2 aromatic rings. The molecule has 19 heavy (non-hydrogen) atoms. The molecule has 0 spiro atoms. The van der Waals surface area contributed by atoms with Crippen LogP contribution in [0.2, 0.25) is 0 Å². The molecule has 3 heteroatoms. The zero-order valence-electron chi connectivity index (χ0n) is 11.3. The van der Waals surface area contributed by atoms with Gasteiger partial charge in [-0.15, -0.1) is 0 Å². The topological polar surface area (TPSA) is 36.3 Å². The van der Waals surface area contributed by atoms with E-state index in [0.29, 0.717) is 13.0 Å². The van der Waals surface area contributed by atoms with Crippen molar-refractivity contribution in [2.75, 3.05) is 20.7 Å². The fourth-order valence-corrected chi connectivity index (χ4v) is 1.95. The Balaban J connectivity index is 2.07. The number of nitriles is 1. The lowest BCUT2D eigenvalue weighted by Gasteiger charge is -2.21. The van der Waals surface area contributed by atoms with E-state index in [2.05, 4.69) is 24.3 Å². The largest absolute Gasteiger partial charge is 0.492 e. The summed E-state index contributed by atoms with van der Waals surface area (Å²) < 4.78 is 5.80. The van der Waals surface area contributed by atoms with E-state index >= 15 is 0 Å². The average Bonchev–Trinajstić information content (AvgIpc) is 2.43. The minimum atomic E-state index is 0.122. The van der Waals surface area contributed by atoms with E-state index in [-0.39, 0.29) is 6.04 Å². The van der Waals surface area contributed by atoms with E-state index in [0.717, 1.165) is 5.75 Å². The predicted molar refractivity (Wildman–Crippen MR) is 77.1 cm³/mol. The highest BCUT2D eigenvalue weighted by Crippen LogP contribution is 2.20. The molecule has 1 unspecified atom stereocenters. The first kappa shape index (κ1) is 13.4. The number of benzene rings is 2. The first-order valence-corrected chi connectivity index (χ1v) is 6.35. The third-order valence-electron chi connectivity index (χ3n) is 3.22. The minimum Gasteiger partial charge on any atom is -0.492 e. The van der Waals surface area contributed by atoms with Gasteiger partial charge in [-0.1, -0.05) is 30.3 Å². The zero-order valence-corrected chi connectivity index (χ0v) is 11.3. The van der Waals surface area contributed by atoms with Crippen molar-refractivity contribution in [3.8, 4) is 11.8 Å². The van der Waals surface area contributed by atoms with Gasteiger partial charge < -0.3 is 9.64 Å². The van der Waals surface area contributed by atoms with Crippen LogP contribution in [0, 0.1) is 11.3 Å². The van der Waals surface area contributed by atoms with E-state index in [9.17, 15) is 0 Å². The predicted octanol–water partition coefficient (Wildman–Crippen LogP) is 3.06. The van der Waals surface area contributed by atoms with Crippen molar-refractivity contribution in [3.63, 3.8) is 0 Å². The van der Waals surface area contributed by atoms with Crippen LogP contribution in [0.5, 0.6) is 5.75 Å². The van der Waals surface area contributed by atoms with Crippen LogP contribution in [0.3, 0.4) is 0 Å². The molecule has 0 aliphatic rings. The zero-order chi connectivity index (χ0) is 13.7. The van der Waals surface area contributed by atoms with Crippen LogP contribution in [0.25, 0.3) is 10.8 Å². The number of fused-ring (bicyclic) bond motifs is 1. The smallest absolute Gasteiger partial charge is 0.120 e. The van der Waals surface area contributed by atoms with E-state index in [1.807, 2.05) is 43.3 Å². The molecular weight excluding hydrogens is 236 g/mol. The molecule has 0 aliphatic carbocycles. The number of ether oxygens (including phenoxy) is 1. The molecule has 3 nitrogen and oxygen atoms in total. The van der Waals surface area contributed by atoms with Gasteiger partial charge in [-0.3, -0.25) is 0 Å². The fourth-order valence-electron chi connectivity index (χ4n) is 1.95. The Morgan fingerprint density at radius 3 is 2.58 bits per heavy atom. The fraction of sp³-hybridized carbons (Fsp3) is 0.312. The van der Waals surface area contributed by atoms with Crippen molar-refractivity contribution in [2.45, 2.75) is 12.5 Å². The molecule has 0 aromatic heterocycles. The molecular formula is C16H18N2O. The standard InChI is InChI=1S/C16H18N2O/c1-18(2)15(9-10-17)12-19-16-8-7-13-5-3-4-6-14(13)11-16/h3-8,11,15H,9,12H2,1-2H3. The molecule has 0 amide bonds. The molecule has 0 heterocycles. The van der Waals surface area contributed by atoms with Gasteiger partial charge in [0.2, 0.25) is 0 Å². The van der Waals surface area contributed by atoms with Gasteiger partial charge in [0.25, 0.3) is 0 Å². The minimum absolute atomic E-state index is 0.122. The first-order chi connectivity index (χ1) is 9.20. The van der Waals surface area contributed by atoms with Gasteiger partial charge in [0.1, 0.15) is 12.4 Å². The second-order valence-corrected chi connectivity index (χ2v) is 4.80. The maximum absolute atomic E-state index is 8.79. The summed E-state index contributed by atoms with van der Waals surface area (Å²) in [7, 11) is 3.93. The van der Waals surface area contributed by atoms with Crippen molar-refractivity contribution in [1.82, 2.24) is 4.90 Å². The molecule has 0 aliphatic heterocycles. The Morgan fingerprint density at radius 2 is 1.89 bits per heavy atom. The van der Waals surface area contributed by atoms with Gasteiger partial charge in [0.05, 0.1) is 18.5 Å². The van der Waals surface area contributed by atoms with Gasteiger partial charge >= 0.3 is 0 Å². The van der Waals surface area contributed by atoms with Gasteiger partial charge in [-0.2, -0.15) is 5.26 Å². The maximum atomic E-state index is 8.79. The summed E-state index contributed by atoms with van der Waals surface area (Å²) in [5.41, 5.74) is 0. The van der Waals surface area contributed by atoms with Gasteiger partial charge in [0, 0.05) is 0 Å². The number of rotatable bonds is 5. The summed E-state index contributed by atoms with van der Waals surface area (Å²) in [6, 6.07) is 16.6. The Labute approximate surface area is 114 Å². The van der Waals surface area contributed by atoms with Crippen LogP contribution in [0.1, 0.15) is 6.42 Å². The quantitative estimate of drug-likeness (QED) is 0.822. The van der Waals surface area contributed by atoms with Crippen LogP contribution in [0.15, 0.2) is 42.5 Å². The second-order valence-electron chi connectivity index (χ2n) is 4.80. The summed E-state index contributed by atoms with van der Waals surface area (Å²) in [5, 5.41) is 11.2. The van der Waals surface area contributed by atoms with Crippen LogP contribution in [-0.2, 0) is 0 Å². The Bertz CT molecular complexity index is 587. The average molecular weight is 254 g/mol. The lowest BCUT2D eigenvalue weighted by atomic mass is 10.1. The summed E-state index contributed by atoms with van der Waals surface area (Å²) in [4.78, 5) is 2.02. The van der Waals surface area contributed by atoms with E-state index in [1.54, 1.807) is 0 Å². The van der Waals surface area contributed by atoms with E-state index in [4.69, 9.17) is 10.00 Å². The molecule has 0 N–H and O–H groups in total. The van der Waals surface area contributed by atoms with Gasteiger partial charge in [-0.25, -0.2) is 0 Å². The Kier molecular flexibility index (Phi) is 4.38. The molecule has 2 rings (SSSR count). The van der Waals surface area contributed by atoms with Crippen LogP contribution >= 0.6 is 0 Å². The molecule has 0 saturated carbocycles. The highest BCUT2D eigenvalue weighted by Gasteiger charge is 2.11. The van der Waals surface area contributed by atoms with E-state index in [1.165, 1.54) is 10.8 Å². The monoisotopic (exact) mass is 254 g/mol. The first-order valence-electron chi connectivity index (χ1n) is 6.35. The lowest BCUT2D eigenvalue weighted by Crippen LogP contribution is -2.33. The summed E-state index contributed by atoms with van der Waals surface area (Å²) in [6.45, 7) is 0.527. The van der Waals surface area contributed by atoms with Gasteiger partial charge in [0.15, 0.2) is 0 Å². The summed E-state index contributed by atoms with van der Waals surface area (Å²) in [5.74, 6) is 0.850. The van der Waals surface area contributed by atoms with Crippen molar-refractivity contribution >= 4 is 10.8 Å². The third-order valence-corrected chi connectivity index (χ3v) is 3.22. The Morgan fingerprint density at radius 1 is 1.16 bits per heavy atom. The molecule has 1 atom stereocenters. The maximum Gasteiger partial charge on any atom is 0.120 e. The molecule has 2 aromatic carbocycles. The molecule has 98 valence electrons. The SMILES string of the molecule is CN(C)C(CC#N)COc1ccc2ccccc2c1. The summed E-state index contributed by atoms with van der Waals surface area (Å²) >= 11 is 0.